The van der Waals surface area contributed by atoms with Gasteiger partial charge in [0.2, 0.25) is 5.89 Å². The fourth-order valence-electron chi connectivity index (χ4n) is 2.19. The molecule has 2 atom stereocenters. The molecule has 1 aromatic heterocycles. The lowest BCUT2D eigenvalue weighted by Gasteiger charge is -2.02. The van der Waals surface area contributed by atoms with Crippen LogP contribution in [0.3, 0.4) is 0 Å². The SMILES string of the molecule is NC1C=CC(c2nc(Cc3ccc(Cl)cc3)no2)C1. The van der Waals surface area contributed by atoms with Gasteiger partial charge >= 0.3 is 0 Å². The monoisotopic (exact) mass is 275 g/mol. The molecule has 1 heterocycles. The molecule has 5 heteroatoms. The quantitative estimate of drug-likeness (QED) is 0.875. The second-order valence-electron chi connectivity index (χ2n) is 4.74. The summed E-state index contributed by atoms with van der Waals surface area (Å²) in [7, 11) is 0. The normalized spacial score (nSPS) is 22.0. The van der Waals surface area contributed by atoms with Gasteiger partial charge in [0.05, 0.1) is 5.92 Å². The van der Waals surface area contributed by atoms with Crippen LogP contribution in [-0.2, 0) is 6.42 Å². The van der Waals surface area contributed by atoms with Gasteiger partial charge in [-0.3, -0.25) is 0 Å². The third-order valence-corrected chi connectivity index (χ3v) is 3.45. The van der Waals surface area contributed by atoms with Crippen molar-refractivity contribution in [2.75, 3.05) is 0 Å². The van der Waals surface area contributed by atoms with E-state index in [4.69, 9.17) is 21.9 Å². The standard InChI is InChI=1S/C14H14ClN3O/c15-11-4-1-9(2-5-11)7-13-17-14(19-18-13)10-3-6-12(16)8-10/h1-6,10,12H,7-8,16H2. The molecule has 0 bridgehead atoms. The van der Waals surface area contributed by atoms with Crippen molar-refractivity contribution >= 4 is 11.6 Å². The Labute approximate surface area is 116 Å². The molecular weight excluding hydrogens is 262 g/mol. The van der Waals surface area contributed by atoms with Crippen LogP contribution in [0, 0.1) is 0 Å². The van der Waals surface area contributed by atoms with Crippen molar-refractivity contribution in [1.29, 1.82) is 0 Å². The Kier molecular flexibility index (Phi) is 3.36. The Bertz CT molecular complexity index is 591. The van der Waals surface area contributed by atoms with Crippen molar-refractivity contribution in [2.24, 2.45) is 5.73 Å². The number of benzene rings is 1. The average molecular weight is 276 g/mol. The van der Waals surface area contributed by atoms with Crippen molar-refractivity contribution in [3.05, 3.63) is 58.7 Å². The maximum Gasteiger partial charge on any atom is 0.233 e. The van der Waals surface area contributed by atoms with Gasteiger partial charge in [-0.2, -0.15) is 4.98 Å². The van der Waals surface area contributed by atoms with Gasteiger partial charge in [-0.05, 0) is 24.1 Å². The summed E-state index contributed by atoms with van der Waals surface area (Å²) in [4.78, 5) is 4.43. The average Bonchev–Trinajstić information content (AvgIpc) is 3.01. The lowest BCUT2D eigenvalue weighted by atomic mass is 10.1. The second-order valence-corrected chi connectivity index (χ2v) is 5.18. The van der Waals surface area contributed by atoms with E-state index in [9.17, 15) is 0 Å². The van der Waals surface area contributed by atoms with Crippen molar-refractivity contribution < 1.29 is 4.52 Å². The van der Waals surface area contributed by atoms with Crippen molar-refractivity contribution in [1.82, 2.24) is 10.1 Å². The summed E-state index contributed by atoms with van der Waals surface area (Å²) >= 11 is 5.85. The van der Waals surface area contributed by atoms with Crippen LogP contribution < -0.4 is 5.73 Å². The molecule has 0 radical (unpaired) electrons. The number of hydrogen-bond acceptors (Lipinski definition) is 4. The van der Waals surface area contributed by atoms with E-state index >= 15 is 0 Å². The first-order valence-corrected chi connectivity index (χ1v) is 6.59. The van der Waals surface area contributed by atoms with Gasteiger partial charge in [-0.1, -0.05) is 41.0 Å². The predicted molar refractivity (Wildman–Crippen MR) is 73.0 cm³/mol. The first-order chi connectivity index (χ1) is 9.20. The molecule has 2 aromatic rings. The first kappa shape index (κ1) is 12.4. The first-order valence-electron chi connectivity index (χ1n) is 6.21. The number of nitrogens with two attached hydrogens (primary N) is 1. The highest BCUT2D eigenvalue weighted by Crippen LogP contribution is 2.26. The van der Waals surface area contributed by atoms with Crippen LogP contribution in [0.15, 0.2) is 40.9 Å². The van der Waals surface area contributed by atoms with E-state index in [1.54, 1.807) is 0 Å². The Morgan fingerprint density at radius 1 is 1.26 bits per heavy atom. The van der Waals surface area contributed by atoms with Gasteiger partial charge in [0.15, 0.2) is 5.82 Å². The molecule has 0 aliphatic heterocycles. The molecule has 4 nitrogen and oxygen atoms in total. The fraction of sp³-hybridized carbons (Fsp3) is 0.286. The zero-order valence-corrected chi connectivity index (χ0v) is 11.0. The van der Waals surface area contributed by atoms with Gasteiger partial charge in [0.25, 0.3) is 0 Å². The third-order valence-electron chi connectivity index (χ3n) is 3.19. The van der Waals surface area contributed by atoms with E-state index < -0.39 is 0 Å². The van der Waals surface area contributed by atoms with Crippen LogP contribution in [0.5, 0.6) is 0 Å². The van der Waals surface area contributed by atoms with Crippen molar-refractivity contribution in [3.63, 3.8) is 0 Å². The zero-order valence-electron chi connectivity index (χ0n) is 10.3. The smallest absolute Gasteiger partial charge is 0.233 e. The van der Waals surface area contributed by atoms with E-state index in [0.717, 1.165) is 17.0 Å². The van der Waals surface area contributed by atoms with Crippen molar-refractivity contribution in [2.45, 2.75) is 24.8 Å². The van der Waals surface area contributed by atoms with Gasteiger partial charge in [-0.25, -0.2) is 0 Å². The highest BCUT2D eigenvalue weighted by atomic mass is 35.5. The molecule has 2 N–H and O–H groups in total. The number of hydrogen-bond donors (Lipinski definition) is 1. The summed E-state index contributed by atoms with van der Waals surface area (Å²) in [6, 6.07) is 7.73. The Morgan fingerprint density at radius 3 is 2.74 bits per heavy atom. The number of allylic oxidation sites excluding steroid dienone is 1. The second kappa shape index (κ2) is 5.15. The van der Waals surface area contributed by atoms with Crippen LogP contribution in [0.2, 0.25) is 5.02 Å². The van der Waals surface area contributed by atoms with Gasteiger partial charge < -0.3 is 10.3 Å². The molecule has 0 fully saturated rings. The molecule has 1 aromatic carbocycles. The summed E-state index contributed by atoms with van der Waals surface area (Å²) in [5.74, 6) is 1.49. The fourth-order valence-corrected chi connectivity index (χ4v) is 2.31. The van der Waals surface area contributed by atoms with E-state index in [0.29, 0.717) is 18.1 Å². The highest BCUT2D eigenvalue weighted by Gasteiger charge is 2.22. The Balaban J connectivity index is 1.71. The molecule has 98 valence electrons. The lowest BCUT2D eigenvalue weighted by Crippen LogP contribution is -2.14. The Morgan fingerprint density at radius 2 is 2.05 bits per heavy atom. The minimum atomic E-state index is 0.0941. The summed E-state index contributed by atoms with van der Waals surface area (Å²) in [5.41, 5.74) is 6.92. The van der Waals surface area contributed by atoms with Gasteiger partial charge in [0, 0.05) is 17.5 Å². The molecule has 0 amide bonds. The summed E-state index contributed by atoms with van der Waals surface area (Å²) < 4.78 is 5.30. The molecule has 1 aliphatic rings. The van der Waals surface area contributed by atoms with Crippen molar-refractivity contribution in [3.8, 4) is 0 Å². The molecule has 0 saturated heterocycles. The number of halogens is 1. The summed E-state index contributed by atoms with van der Waals surface area (Å²) in [5, 5.41) is 4.73. The van der Waals surface area contributed by atoms with E-state index in [2.05, 4.69) is 10.1 Å². The molecule has 2 unspecified atom stereocenters. The maximum absolute atomic E-state index is 5.85. The predicted octanol–water partition coefficient (Wildman–Crippen LogP) is 2.68. The largest absolute Gasteiger partial charge is 0.339 e. The number of nitrogens with zero attached hydrogens (tertiary/aromatic N) is 2. The highest BCUT2D eigenvalue weighted by molar-refractivity contribution is 6.30. The summed E-state index contributed by atoms with van der Waals surface area (Å²) in [6.45, 7) is 0. The molecule has 1 aliphatic carbocycles. The molecule has 0 saturated carbocycles. The molecule has 19 heavy (non-hydrogen) atoms. The lowest BCUT2D eigenvalue weighted by molar-refractivity contribution is 0.360. The number of aromatic nitrogens is 2. The minimum Gasteiger partial charge on any atom is -0.339 e. The van der Waals surface area contributed by atoms with E-state index in [1.165, 1.54) is 0 Å². The molecule has 3 rings (SSSR count). The van der Waals surface area contributed by atoms with Crippen LogP contribution in [0.4, 0.5) is 0 Å². The summed E-state index contributed by atoms with van der Waals surface area (Å²) in [6.07, 6.45) is 5.49. The van der Waals surface area contributed by atoms with E-state index in [1.807, 2.05) is 36.4 Å². The molecular formula is C14H14ClN3O. The number of rotatable bonds is 3. The van der Waals surface area contributed by atoms with Gasteiger partial charge in [-0.15, -0.1) is 0 Å². The zero-order chi connectivity index (χ0) is 13.2. The topological polar surface area (TPSA) is 64.9 Å². The Hall–Kier alpha value is -1.65. The minimum absolute atomic E-state index is 0.0941. The van der Waals surface area contributed by atoms with Crippen LogP contribution in [-0.4, -0.2) is 16.2 Å². The van der Waals surface area contributed by atoms with Crippen LogP contribution in [0.1, 0.15) is 29.6 Å². The van der Waals surface area contributed by atoms with Gasteiger partial charge in [0.1, 0.15) is 0 Å². The van der Waals surface area contributed by atoms with E-state index in [-0.39, 0.29) is 12.0 Å². The third kappa shape index (κ3) is 2.85. The van der Waals surface area contributed by atoms with Crippen LogP contribution >= 0.6 is 11.6 Å². The van der Waals surface area contributed by atoms with Crippen LogP contribution in [0.25, 0.3) is 0 Å². The maximum atomic E-state index is 5.85. The molecule has 0 spiro atoms.